The molecule has 2 amide bonds. The molecule has 0 radical (unpaired) electrons. The van der Waals surface area contributed by atoms with Gasteiger partial charge in [0.25, 0.3) is 0 Å². The zero-order valence-corrected chi connectivity index (χ0v) is 35.9. The number of amides is 2. The number of nitrogens with zero attached hydrogens (tertiary/aromatic N) is 4. The molecule has 0 aliphatic heterocycles. The van der Waals surface area contributed by atoms with Crippen LogP contribution < -0.4 is 20.1 Å². The van der Waals surface area contributed by atoms with Crippen molar-refractivity contribution in [2.24, 2.45) is 0 Å². The van der Waals surface area contributed by atoms with Gasteiger partial charge in [0.05, 0.1) is 79.5 Å². The fraction of sp³-hybridized carbons (Fsp3) is 0.432. The zero-order chi connectivity index (χ0) is 45.1. The molecule has 0 bridgehead atoms. The van der Waals surface area contributed by atoms with Crippen molar-refractivity contribution < 1.29 is 57.5 Å². The molecule has 0 spiro atoms. The summed E-state index contributed by atoms with van der Waals surface area (Å²) in [5, 5.41) is 24.6. The minimum Gasteiger partial charge on any atom is -0.497 e. The topological polar surface area (TPSA) is 219 Å². The lowest BCUT2D eigenvalue weighted by Crippen LogP contribution is -2.48. The fourth-order valence-electron chi connectivity index (χ4n) is 6.73. The number of aromatic nitrogens is 3. The molecule has 1 aromatic heterocycles. The van der Waals surface area contributed by atoms with Crippen molar-refractivity contribution >= 4 is 29.7 Å². The number of methoxy groups -OCH3 is 5. The Balaban J connectivity index is 1.36. The van der Waals surface area contributed by atoms with Crippen LogP contribution in [0.2, 0.25) is 0 Å². The largest absolute Gasteiger partial charge is 0.497 e. The molecular weight excluding hydrogens is 805 g/mol. The SMILES string of the molecule is COC(=O)CN(CC(=O)OC)C(CCCCNC(=O)Cn1cc(CC(=O)N[C@H](COC(c2ccccc2)(c2ccc(OC)cc2)c2ccc(OC)cc2)[C@@H](C)O)nn1)C(=O)OC. The number of carbonyl (C=O) groups excluding carboxylic acids is 5. The third-order valence-electron chi connectivity index (χ3n) is 10.1. The highest BCUT2D eigenvalue weighted by atomic mass is 16.5. The van der Waals surface area contributed by atoms with Crippen LogP contribution in [0.5, 0.6) is 11.5 Å². The quantitative estimate of drug-likeness (QED) is 0.0377. The summed E-state index contributed by atoms with van der Waals surface area (Å²) in [4.78, 5) is 64.0. The van der Waals surface area contributed by atoms with Gasteiger partial charge in [-0.1, -0.05) is 59.8 Å². The number of esters is 3. The van der Waals surface area contributed by atoms with Gasteiger partial charge in [-0.05, 0) is 67.1 Å². The third kappa shape index (κ3) is 13.6. The first-order valence-corrected chi connectivity index (χ1v) is 19.9. The van der Waals surface area contributed by atoms with E-state index in [2.05, 4.69) is 20.9 Å². The molecule has 62 heavy (non-hydrogen) atoms. The monoisotopic (exact) mass is 860 g/mol. The van der Waals surface area contributed by atoms with Gasteiger partial charge in [0.15, 0.2) is 0 Å². The Morgan fingerprint density at radius 2 is 1.32 bits per heavy atom. The van der Waals surface area contributed by atoms with Crippen LogP contribution in [-0.4, -0.2) is 135 Å². The number of rotatable bonds is 25. The molecular formula is C44H56N6O12. The molecule has 1 unspecified atom stereocenters. The van der Waals surface area contributed by atoms with Crippen LogP contribution in [0.4, 0.5) is 0 Å². The van der Waals surface area contributed by atoms with Gasteiger partial charge in [0, 0.05) is 12.7 Å². The van der Waals surface area contributed by atoms with E-state index in [0.717, 1.165) is 16.7 Å². The lowest BCUT2D eigenvalue weighted by molar-refractivity contribution is -0.153. The molecule has 4 aromatic rings. The zero-order valence-electron chi connectivity index (χ0n) is 35.9. The molecule has 3 aromatic carbocycles. The number of aliphatic hydroxyl groups excluding tert-OH is 1. The van der Waals surface area contributed by atoms with Crippen molar-refractivity contribution in [1.29, 1.82) is 0 Å². The van der Waals surface area contributed by atoms with E-state index in [1.165, 1.54) is 37.1 Å². The van der Waals surface area contributed by atoms with E-state index in [0.29, 0.717) is 30.0 Å². The Labute approximate surface area is 360 Å². The number of carbonyl (C=O) groups is 5. The number of nitrogens with one attached hydrogen (secondary N) is 2. The predicted molar refractivity (Wildman–Crippen MR) is 224 cm³/mol. The Bertz CT molecular complexity index is 1980. The van der Waals surface area contributed by atoms with Gasteiger partial charge in [-0.15, -0.1) is 5.10 Å². The van der Waals surface area contributed by atoms with Crippen LogP contribution in [0.15, 0.2) is 85.1 Å². The number of aliphatic hydroxyl groups is 1. The third-order valence-corrected chi connectivity index (χ3v) is 10.1. The molecule has 18 nitrogen and oxygen atoms in total. The van der Waals surface area contributed by atoms with Gasteiger partial charge in [-0.25, -0.2) is 4.68 Å². The maximum Gasteiger partial charge on any atom is 0.323 e. The average Bonchev–Trinajstić information content (AvgIpc) is 3.72. The van der Waals surface area contributed by atoms with Gasteiger partial charge >= 0.3 is 17.9 Å². The predicted octanol–water partition coefficient (Wildman–Crippen LogP) is 2.19. The van der Waals surface area contributed by atoms with E-state index in [1.54, 1.807) is 21.1 Å². The molecule has 1 heterocycles. The van der Waals surface area contributed by atoms with Crippen molar-refractivity contribution in [3.63, 3.8) is 0 Å². The van der Waals surface area contributed by atoms with Crippen LogP contribution in [0.25, 0.3) is 0 Å². The number of ether oxygens (including phenoxy) is 6. The second kappa shape index (κ2) is 24.2. The van der Waals surface area contributed by atoms with E-state index < -0.39 is 47.6 Å². The van der Waals surface area contributed by atoms with Crippen LogP contribution in [0.3, 0.4) is 0 Å². The van der Waals surface area contributed by atoms with Crippen molar-refractivity contribution in [2.75, 3.05) is 61.8 Å². The van der Waals surface area contributed by atoms with Gasteiger partial charge in [-0.3, -0.25) is 28.9 Å². The van der Waals surface area contributed by atoms with Crippen molar-refractivity contribution in [3.05, 3.63) is 107 Å². The van der Waals surface area contributed by atoms with Crippen LogP contribution in [0, 0.1) is 0 Å². The second-order valence-electron chi connectivity index (χ2n) is 14.3. The Morgan fingerprint density at radius 3 is 1.84 bits per heavy atom. The highest BCUT2D eigenvalue weighted by Crippen LogP contribution is 2.42. The van der Waals surface area contributed by atoms with Crippen molar-refractivity contribution in [1.82, 2.24) is 30.5 Å². The van der Waals surface area contributed by atoms with Crippen LogP contribution >= 0.6 is 0 Å². The molecule has 4 rings (SSSR count). The maximum absolute atomic E-state index is 13.4. The van der Waals surface area contributed by atoms with E-state index in [4.69, 9.17) is 28.4 Å². The molecule has 0 aliphatic carbocycles. The highest BCUT2D eigenvalue weighted by Gasteiger charge is 2.39. The van der Waals surface area contributed by atoms with E-state index in [-0.39, 0.29) is 51.5 Å². The first-order valence-electron chi connectivity index (χ1n) is 19.9. The molecule has 0 saturated carbocycles. The van der Waals surface area contributed by atoms with Gasteiger partial charge < -0.3 is 44.2 Å². The standard InChI is InChI=1S/C44H56N6O12/c1-30(51)37(29-62-44(31-12-8-7-9-13-31,32-15-19-35(57-2)20-16-32)33-17-21-36(58-3)22-18-33)46-39(52)24-34-25-50(48-47-34)26-40(53)45-23-11-10-14-38(43(56)61-6)49(27-41(54)59-4)28-42(55)60-5/h7-9,12-13,15-22,25,30,37-38,51H,10-11,14,23-24,26-29H2,1-6H3,(H,45,53)(H,46,52)/t30-,37-,38?/m1/s1. The summed E-state index contributed by atoms with van der Waals surface area (Å²) in [7, 11) is 6.79. The summed E-state index contributed by atoms with van der Waals surface area (Å²) in [6, 6.07) is 22.9. The summed E-state index contributed by atoms with van der Waals surface area (Å²) < 4.78 is 33.4. The van der Waals surface area contributed by atoms with E-state index in [1.807, 2.05) is 78.9 Å². The number of benzene rings is 3. The molecule has 334 valence electrons. The second-order valence-corrected chi connectivity index (χ2v) is 14.3. The van der Waals surface area contributed by atoms with Crippen molar-refractivity contribution in [3.8, 4) is 11.5 Å². The smallest absolute Gasteiger partial charge is 0.323 e. The van der Waals surface area contributed by atoms with Crippen molar-refractivity contribution in [2.45, 2.75) is 62.9 Å². The Morgan fingerprint density at radius 1 is 0.758 bits per heavy atom. The van der Waals surface area contributed by atoms with Gasteiger partial charge in [0.1, 0.15) is 29.7 Å². The summed E-state index contributed by atoms with van der Waals surface area (Å²) in [5.41, 5.74) is 1.51. The summed E-state index contributed by atoms with van der Waals surface area (Å²) in [6.07, 6.45) is 1.42. The lowest BCUT2D eigenvalue weighted by atomic mass is 9.80. The number of unbranched alkanes of at least 4 members (excludes halogenated alkanes) is 1. The fourth-order valence-corrected chi connectivity index (χ4v) is 6.73. The average molecular weight is 861 g/mol. The normalized spacial score (nSPS) is 12.7. The van der Waals surface area contributed by atoms with Crippen LogP contribution in [-0.2, 0) is 61.5 Å². The molecule has 0 fully saturated rings. The highest BCUT2D eigenvalue weighted by molar-refractivity contribution is 5.80. The van der Waals surface area contributed by atoms with Gasteiger partial charge in [-0.2, -0.15) is 0 Å². The lowest BCUT2D eigenvalue weighted by Gasteiger charge is -2.37. The maximum atomic E-state index is 13.4. The summed E-state index contributed by atoms with van der Waals surface area (Å²) in [5.74, 6) is -1.40. The van der Waals surface area contributed by atoms with Crippen LogP contribution in [0.1, 0.15) is 48.6 Å². The first kappa shape index (κ1) is 48.3. The van der Waals surface area contributed by atoms with E-state index in [9.17, 15) is 29.1 Å². The molecule has 0 aliphatic rings. The Hall–Kier alpha value is -6.37. The molecule has 0 saturated heterocycles. The first-order chi connectivity index (χ1) is 29.9. The summed E-state index contributed by atoms with van der Waals surface area (Å²) in [6.45, 7) is 0.906. The van der Waals surface area contributed by atoms with Gasteiger partial charge in [0.2, 0.25) is 11.8 Å². The molecule has 3 atom stereocenters. The Kier molecular flexibility index (Phi) is 18.8. The minimum absolute atomic E-state index is 0.0915. The summed E-state index contributed by atoms with van der Waals surface area (Å²) >= 11 is 0. The number of hydrogen-bond acceptors (Lipinski definition) is 15. The molecule has 3 N–H and O–H groups in total. The van der Waals surface area contributed by atoms with E-state index >= 15 is 0 Å². The molecule has 18 heteroatoms. The minimum atomic E-state index is -1.18. The number of hydrogen-bond donors (Lipinski definition) is 3.